The molecule has 0 radical (unpaired) electrons. The van der Waals surface area contributed by atoms with Crippen LogP contribution in [0.4, 0.5) is 0 Å². The van der Waals surface area contributed by atoms with E-state index in [1.807, 2.05) is 23.1 Å². The number of rotatable bonds is 4. The van der Waals surface area contributed by atoms with Crippen LogP contribution in [0.5, 0.6) is 11.5 Å². The Morgan fingerprint density at radius 2 is 2.40 bits per heavy atom. The van der Waals surface area contributed by atoms with Crippen molar-refractivity contribution in [1.29, 1.82) is 0 Å². The van der Waals surface area contributed by atoms with Crippen molar-refractivity contribution >= 4 is 12.0 Å². The quantitative estimate of drug-likeness (QED) is 0.880. The number of carbonyl (C=O) groups is 1. The summed E-state index contributed by atoms with van der Waals surface area (Å²) in [5.74, 6) is 0.755. The molecule has 0 saturated heterocycles. The summed E-state index contributed by atoms with van der Waals surface area (Å²) in [4.78, 5) is 20.9. The second-order valence-corrected chi connectivity index (χ2v) is 6.29. The van der Waals surface area contributed by atoms with Crippen LogP contribution in [0.1, 0.15) is 17.0 Å². The number of ether oxygens (including phenoxy) is 2. The molecule has 0 aliphatic carbocycles. The van der Waals surface area contributed by atoms with E-state index in [0.717, 1.165) is 34.0 Å². The fraction of sp³-hybridized carbons (Fsp3) is 0.333. The number of carboxylic acid groups (broad SMARTS) is 1. The van der Waals surface area contributed by atoms with Gasteiger partial charge in [-0.1, -0.05) is 0 Å². The molecule has 1 aromatic carbocycles. The van der Waals surface area contributed by atoms with Crippen LogP contribution in [0.2, 0.25) is 0 Å². The van der Waals surface area contributed by atoms with Crippen molar-refractivity contribution < 1.29 is 19.4 Å². The van der Waals surface area contributed by atoms with E-state index in [9.17, 15) is 9.90 Å². The van der Waals surface area contributed by atoms with Gasteiger partial charge in [-0.3, -0.25) is 9.69 Å². The third kappa shape index (κ3) is 2.98. The second kappa shape index (κ2) is 6.25. The number of fused-ring (bicyclic) bond motifs is 2. The van der Waals surface area contributed by atoms with Crippen LogP contribution in [0, 0.1) is 0 Å². The molecule has 0 amide bonds. The molecule has 0 saturated carbocycles. The molecule has 2 aromatic rings. The highest BCUT2D eigenvalue weighted by Gasteiger charge is 2.33. The highest BCUT2D eigenvalue weighted by Crippen LogP contribution is 2.31. The largest absolute Gasteiger partial charge is 0.497 e. The number of nitrogens with one attached hydrogen (secondary N) is 1. The lowest BCUT2D eigenvalue weighted by Crippen LogP contribution is -2.46. The predicted octanol–water partition coefficient (Wildman–Crippen LogP) is 1.71. The average Bonchev–Trinajstić information content (AvgIpc) is 3.07. The maximum Gasteiger partial charge on any atom is 0.321 e. The number of benzene rings is 1. The zero-order chi connectivity index (χ0) is 17.4. The summed E-state index contributed by atoms with van der Waals surface area (Å²) >= 11 is 0. The van der Waals surface area contributed by atoms with Crippen molar-refractivity contribution in [3.05, 3.63) is 47.1 Å². The summed E-state index contributed by atoms with van der Waals surface area (Å²) in [5.41, 5.74) is 3.81. The van der Waals surface area contributed by atoms with Gasteiger partial charge in [-0.25, -0.2) is 4.98 Å². The molecule has 25 heavy (non-hydrogen) atoms. The number of imidazole rings is 1. The Labute approximate surface area is 144 Å². The number of aromatic nitrogens is 2. The lowest BCUT2D eigenvalue weighted by atomic mass is 10.0. The van der Waals surface area contributed by atoms with Crippen LogP contribution in [0.15, 0.2) is 30.1 Å². The molecule has 7 nitrogen and oxygen atoms in total. The SMILES string of the molecule is COc1ccc2c(c1)C=C(CN1Cc3[nH]cnc3CC1C(=O)O)CO2. The van der Waals surface area contributed by atoms with Crippen LogP contribution in [0.3, 0.4) is 0 Å². The first kappa shape index (κ1) is 15.7. The minimum atomic E-state index is -0.826. The summed E-state index contributed by atoms with van der Waals surface area (Å²) in [6.07, 6.45) is 4.09. The maximum atomic E-state index is 11.7. The Morgan fingerprint density at radius 1 is 1.52 bits per heavy atom. The van der Waals surface area contributed by atoms with E-state index in [-0.39, 0.29) is 0 Å². The van der Waals surface area contributed by atoms with Gasteiger partial charge in [0.25, 0.3) is 0 Å². The molecule has 1 atom stereocenters. The molecule has 0 bridgehead atoms. The first-order valence-corrected chi connectivity index (χ1v) is 8.12. The lowest BCUT2D eigenvalue weighted by molar-refractivity contribution is -0.143. The van der Waals surface area contributed by atoms with E-state index >= 15 is 0 Å². The first-order chi connectivity index (χ1) is 12.1. The van der Waals surface area contributed by atoms with Gasteiger partial charge in [0.15, 0.2) is 0 Å². The van der Waals surface area contributed by atoms with Crippen LogP contribution < -0.4 is 9.47 Å². The zero-order valence-electron chi connectivity index (χ0n) is 13.9. The molecule has 0 fully saturated rings. The Balaban J connectivity index is 1.58. The van der Waals surface area contributed by atoms with Gasteiger partial charge in [0.2, 0.25) is 0 Å². The third-order valence-corrected chi connectivity index (χ3v) is 4.68. The molecule has 130 valence electrons. The minimum Gasteiger partial charge on any atom is -0.497 e. The number of hydrogen-bond acceptors (Lipinski definition) is 5. The van der Waals surface area contributed by atoms with E-state index < -0.39 is 12.0 Å². The molecule has 1 unspecified atom stereocenters. The molecule has 1 aromatic heterocycles. The van der Waals surface area contributed by atoms with Gasteiger partial charge in [-0.2, -0.15) is 0 Å². The van der Waals surface area contributed by atoms with Crippen LogP contribution in [-0.2, 0) is 17.8 Å². The molecule has 4 rings (SSSR count). The standard InChI is InChI=1S/C18H19N3O4/c1-24-13-2-3-17-12(5-13)4-11(9-25-17)7-21-8-15-14(19-10-20-15)6-16(21)18(22)23/h2-5,10,16H,6-9H2,1H3,(H,19,20)(H,22,23). The Morgan fingerprint density at radius 3 is 3.20 bits per heavy atom. The van der Waals surface area contributed by atoms with Gasteiger partial charge >= 0.3 is 5.97 Å². The van der Waals surface area contributed by atoms with Gasteiger partial charge in [0.1, 0.15) is 24.1 Å². The van der Waals surface area contributed by atoms with Crippen LogP contribution in [0.25, 0.3) is 6.08 Å². The van der Waals surface area contributed by atoms with Crippen molar-refractivity contribution in [3.63, 3.8) is 0 Å². The van der Waals surface area contributed by atoms with Crippen LogP contribution in [-0.4, -0.2) is 52.2 Å². The fourth-order valence-corrected chi connectivity index (χ4v) is 3.38. The average molecular weight is 341 g/mol. The molecule has 2 aliphatic rings. The van der Waals surface area contributed by atoms with Crippen LogP contribution >= 0.6 is 0 Å². The summed E-state index contributed by atoms with van der Waals surface area (Å²) in [6.45, 7) is 1.53. The summed E-state index contributed by atoms with van der Waals surface area (Å²) < 4.78 is 11.1. The summed E-state index contributed by atoms with van der Waals surface area (Å²) in [6, 6.07) is 5.09. The number of aliphatic carboxylic acids is 1. The van der Waals surface area contributed by atoms with Gasteiger partial charge in [-0.15, -0.1) is 0 Å². The molecular formula is C18H19N3O4. The Hall–Kier alpha value is -2.80. The Kier molecular flexibility index (Phi) is 3.93. The van der Waals surface area contributed by atoms with Gasteiger partial charge in [0, 0.05) is 25.1 Å². The number of aromatic amines is 1. The van der Waals surface area contributed by atoms with E-state index in [2.05, 4.69) is 16.0 Å². The van der Waals surface area contributed by atoms with Crippen molar-refractivity contribution in [2.75, 3.05) is 20.3 Å². The molecule has 7 heteroatoms. The number of carboxylic acids is 1. The monoisotopic (exact) mass is 341 g/mol. The molecule has 3 heterocycles. The molecular weight excluding hydrogens is 322 g/mol. The van der Waals surface area contributed by atoms with Crippen molar-refractivity contribution in [2.45, 2.75) is 19.0 Å². The fourth-order valence-electron chi connectivity index (χ4n) is 3.38. The van der Waals surface area contributed by atoms with Crippen molar-refractivity contribution in [3.8, 4) is 11.5 Å². The first-order valence-electron chi connectivity index (χ1n) is 8.12. The number of hydrogen-bond donors (Lipinski definition) is 2. The third-order valence-electron chi connectivity index (χ3n) is 4.68. The molecule has 0 spiro atoms. The second-order valence-electron chi connectivity index (χ2n) is 6.29. The van der Waals surface area contributed by atoms with Gasteiger partial charge in [0.05, 0.1) is 24.8 Å². The summed E-state index contributed by atoms with van der Waals surface area (Å²) in [7, 11) is 1.63. The summed E-state index contributed by atoms with van der Waals surface area (Å²) in [5, 5.41) is 9.58. The highest BCUT2D eigenvalue weighted by atomic mass is 16.5. The molecule has 2 aliphatic heterocycles. The van der Waals surface area contributed by atoms with E-state index in [1.165, 1.54) is 0 Å². The smallest absolute Gasteiger partial charge is 0.321 e. The number of methoxy groups -OCH3 is 1. The minimum absolute atomic E-state index is 0.409. The molecule has 2 N–H and O–H groups in total. The number of nitrogens with zero attached hydrogens (tertiary/aromatic N) is 2. The predicted molar refractivity (Wildman–Crippen MR) is 90.6 cm³/mol. The van der Waals surface area contributed by atoms with Gasteiger partial charge < -0.3 is 19.6 Å². The Bertz CT molecular complexity index is 843. The van der Waals surface area contributed by atoms with E-state index in [1.54, 1.807) is 13.4 Å². The van der Waals surface area contributed by atoms with E-state index in [4.69, 9.17) is 9.47 Å². The van der Waals surface area contributed by atoms with Crippen molar-refractivity contribution in [1.82, 2.24) is 14.9 Å². The van der Waals surface area contributed by atoms with E-state index in [0.29, 0.717) is 26.1 Å². The topological polar surface area (TPSA) is 87.7 Å². The normalized spacial score (nSPS) is 19.4. The maximum absolute atomic E-state index is 11.7. The highest BCUT2D eigenvalue weighted by molar-refractivity contribution is 5.74. The number of H-pyrrole nitrogens is 1. The lowest BCUT2D eigenvalue weighted by Gasteiger charge is -2.33. The zero-order valence-corrected chi connectivity index (χ0v) is 13.9. The van der Waals surface area contributed by atoms with Gasteiger partial charge in [-0.05, 0) is 29.8 Å². The van der Waals surface area contributed by atoms with Crippen molar-refractivity contribution in [2.24, 2.45) is 0 Å².